The molecule has 5 heteroatoms. The molecule has 18 heavy (non-hydrogen) atoms. The fourth-order valence-electron chi connectivity index (χ4n) is 2.10. The SMILES string of the molecule is Cc1ncnc2c(OC3CCOC3)cc(Br)cc12. The molecule has 4 nitrogen and oxygen atoms in total. The maximum atomic E-state index is 5.98. The molecule has 0 bridgehead atoms. The molecular weight excluding hydrogens is 296 g/mol. The van der Waals surface area contributed by atoms with Crippen LogP contribution in [0.2, 0.25) is 0 Å². The number of rotatable bonds is 2. The number of ether oxygens (including phenoxy) is 2. The Bertz CT molecular complexity index is 582. The molecule has 2 aromatic rings. The van der Waals surface area contributed by atoms with Crippen LogP contribution < -0.4 is 4.74 Å². The van der Waals surface area contributed by atoms with E-state index in [-0.39, 0.29) is 6.10 Å². The molecule has 0 radical (unpaired) electrons. The first-order chi connectivity index (χ1) is 8.74. The van der Waals surface area contributed by atoms with Gasteiger partial charge in [-0.25, -0.2) is 9.97 Å². The molecule has 0 aliphatic carbocycles. The van der Waals surface area contributed by atoms with Crippen molar-refractivity contribution in [1.29, 1.82) is 0 Å². The molecule has 0 N–H and O–H groups in total. The molecule has 94 valence electrons. The topological polar surface area (TPSA) is 44.2 Å². The third kappa shape index (κ3) is 2.20. The van der Waals surface area contributed by atoms with Gasteiger partial charge in [0.05, 0.1) is 13.2 Å². The molecule has 0 spiro atoms. The number of nitrogens with zero attached hydrogens (tertiary/aromatic N) is 2. The van der Waals surface area contributed by atoms with Crippen molar-refractivity contribution in [3.8, 4) is 5.75 Å². The number of hydrogen-bond acceptors (Lipinski definition) is 4. The summed E-state index contributed by atoms with van der Waals surface area (Å²) in [6.07, 6.45) is 2.62. The maximum Gasteiger partial charge on any atom is 0.147 e. The minimum atomic E-state index is 0.123. The highest BCUT2D eigenvalue weighted by Gasteiger charge is 2.19. The molecule has 1 aromatic heterocycles. The predicted octanol–water partition coefficient (Wildman–Crippen LogP) is 2.87. The predicted molar refractivity (Wildman–Crippen MR) is 71.8 cm³/mol. The molecule has 1 atom stereocenters. The van der Waals surface area contributed by atoms with Crippen molar-refractivity contribution in [3.63, 3.8) is 0 Å². The number of halogens is 1. The minimum absolute atomic E-state index is 0.123. The summed E-state index contributed by atoms with van der Waals surface area (Å²) in [5.41, 5.74) is 1.81. The van der Waals surface area contributed by atoms with Gasteiger partial charge in [-0.15, -0.1) is 0 Å². The number of benzene rings is 1. The van der Waals surface area contributed by atoms with Crippen LogP contribution in [-0.2, 0) is 4.74 Å². The molecule has 0 amide bonds. The molecule has 2 heterocycles. The molecule has 1 saturated heterocycles. The van der Waals surface area contributed by atoms with E-state index < -0.39 is 0 Å². The summed E-state index contributed by atoms with van der Waals surface area (Å²) in [6.45, 7) is 3.39. The van der Waals surface area contributed by atoms with Crippen molar-refractivity contribution in [2.24, 2.45) is 0 Å². The first-order valence-corrected chi connectivity index (χ1v) is 6.68. The first-order valence-electron chi connectivity index (χ1n) is 5.89. The second-order valence-electron chi connectivity index (χ2n) is 4.36. The molecular formula is C13H13BrN2O2. The van der Waals surface area contributed by atoms with Crippen LogP contribution in [0.4, 0.5) is 0 Å². The summed E-state index contributed by atoms with van der Waals surface area (Å²) in [6, 6.07) is 3.97. The van der Waals surface area contributed by atoms with E-state index in [0.717, 1.165) is 39.8 Å². The molecule has 3 rings (SSSR count). The van der Waals surface area contributed by atoms with Gasteiger partial charge in [-0.1, -0.05) is 15.9 Å². The van der Waals surface area contributed by atoms with Gasteiger partial charge in [-0.3, -0.25) is 0 Å². The van der Waals surface area contributed by atoms with Gasteiger partial charge in [0.2, 0.25) is 0 Å². The number of fused-ring (bicyclic) bond motifs is 1. The Labute approximate surface area is 113 Å². The fraction of sp³-hybridized carbons (Fsp3) is 0.385. The van der Waals surface area contributed by atoms with E-state index in [9.17, 15) is 0 Å². The van der Waals surface area contributed by atoms with Gasteiger partial charge in [-0.05, 0) is 19.1 Å². The fourth-order valence-corrected chi connectivity index (χ4v) is 2.54. The molecule has 1 unspecified atom stereocenters. The van der Waals surface area contributed by atoms with E-state index >= 15 is 0 Å². The maximum absolute atomic E-state index is 5.98. The lowest BCUT2D eigenvalue weighted by Gasteiger charge is -2.14. The third-order valence-electron chi connectivity index (χ3n) is 3.05. The van der Waals surface area contributed by atoms with Crippen LogP contribution >= 0.6 is 15.9 Å². The van der Waals surface area contributed by atoms with Gasteiger partial charge in [0.25, 0.3) is 0 Å². The minimum Gasteiger partial charge on any atom is -0.486 e. The Morgan fingerprint density at radius 3 is 3.06 bits per heavy atom. The number of aryl methyl sites for hydroxylation is 1. The van der Waals surface area contributed by atoms with Crippen molar-refractivity contribution in [1.82, 2.24) is 9.97 Å². The number of hydrogen-bond donors (Lipinski definition) is 0. The van der Waals surface area contributed by atoms with Crippen molar-refractivity contribution < 1.29 is 9.47 Å². The van der Waals surface area contributed by atoms with E-state index in [0.29, 0.717) is 6.61 Å². The van der Waals surface area contributed by atoms with Crippen LogP contribution in [-0.4, -0.2) is 29.3 Å². The quantitative estimate of drug-likeness (QED) is 0.855. The Hall–Kier alpha value is -1.20. The smallest absolute Gasteiger partial charge is 0.147 e. The summed E-state index contributed by atoms with van der Waals surface area (Å²) in [7, 11) is 0. The van der Waals surface area contributed by atoms with E-state index in [1.807, 2.05) is 19.1 Å². The summed E-state index contributed by atoms with van der Waals surface area (Å²) in [5, 5.41) is 1.01. The van der Waals surface area contributed by atoms with E-state index in [1.54, 1.807) is 6.33 Å². The highest BCUT2D eigenvalue weighted by molar-refractivity contribution is 9.10. The van der Waals surface area contributed by atoms with Crippen LogP contribution in [0.3, 0.4) is 0 Å². The largest absolute Gasteiger partial charge is 0.486 e. The second-order valence-corrected chi connectivity index (χ2v) is 5.28. The van der Waals surface area contributed by atoms with Crippen LogP contribution in [0.25, 0.3) is 10.9 Å². The average Bonchev–Trinajstić information content (AvgIpc) is 2.83. The highest BCUT2D eigenvalue weighted by atomic mass is 79.9. The van der Waals surface area contributed by atoms with Gasteiger partial charge < -0.3 is 9.47 Å². The first kappa shape index (κ1) is 11.9. The monoisotopic (exact) mass is 308 g/mol. The van der Waals surface area contributed by atoms with E-state index in [1.165, 1.54) is 0 Å². The van der Waals surface area contributed by atoms with Crippen molar-refractivity contribution >= 4 is 26.8 Å². The van der Waals surface area contributed by atoms with Gasteiger partial charge >= 0.3 is 0 Å². The van der Waals surface area contributed by atoms with Crippen LogP contribution in [0.15, 0.2) is 22.9 Å². The van der Waals surface area contributed by atoms with E-state index in [2.05, 4.69) is 25.9 Å². The Balaban J connectivity index is 2.06. The standard InChI is InChI=1S/C13H13BrN2O2/c1-8-11-4-9(14)5-12(13(11)16-7-15-8)18-10-2-3-17-6-10/h4-5,7,10H,2-3,6H2,1H3. The van der Waals surface area contributed by atoms with Crippen molar-refractivity contribution in [2.45, 2.75) is 19.4 Å². The molecule has 1 aliphatic rings. The van der Waals surface area contributed by atoms with E-state index in [4.69, 9.17) is 9.47 Å². The average molecular weight is 309 g/mol. The lowest BCUT2D eigenvalue weighted by molar-refractivity contribution is 0.142. The highest BCUT2D eigenvalue weighted by Crippen LogP contribution is 2.31. The third-order valence-corrected chi connectivity index (χ3v) is 3.51. The molecule has 1 aromatic carbocycles. The van der Waals surface area contributed by atoms with Gasteiger partial charge in [0.1, 0.15) is 23.7 Å². The summed E-state index contributed by atoms with van der Waals surface area (Å²) in [5.74, 6) is 0.792. The Kier molecular flexibility index (Phi) is 3.18. The van der Waals surface area contributed by atoms with Crippen LogP contribution in [0.5, 0.6) is 5.75 Å². The summed E-state index contributed by atoms with van der Waals surface area (Å²) in [4.78, 5) is 8.54. The second kappa shape index (κ2) is 4.82. The summed E-state index contributed by atoms with van der Waals surface area (Å²) >= 11 is 3.50. The normalized spacial score (nSPS) is 19.3. The van der Waals surface area contributed by atoms with Gasteiger partial charge in [-0.2, -0.15) is 0 Å². The van der Waals surface area contributed by atoms with Gasteiger partial charge in [0, 0.05) is 22.0 Å². The summed E-state index contributed by atoms with van der Waals surface area (Å²) < 4.78 is 12.3. The molecule has 0 saturated carbocycles. The Morgan fingerprint density at radius 2 is 2.28 bits per heavy atom. The zero-order valence-corrected chi connectivity index (χ0v) is 11.6. The zero-order chi connectivity index (χ0) is 12.5. The number of aromatic nitrogens is 2. The molecule has 1 fully saturated rings. The van der Waals surface area contributed by atoms with Crippen molar-refractivity contribution in [3.05, 3.63) is 28.6 Å². The Morgan fingerprint density at radius 1 is 1.39 bits per heavy atom. The lowest BCUT2D eigenvalue weighted by atomic mass is 10.2. The van der Waals surface area contributed by atoms with Gasteiger partial charge in [0.15, 0.2) is 0 Å². The van der Waals surface area contributed by atoms with Crippen molar-refractivity contribution in [2.75, 3.05) is 13.2 Å². The molecule has 1 aliphatic heterocycles. The zero-order valence-electron chi connectivity index (χ0n) is 10.0. The lowest BCUT2D eigenvalue weighted by Crippen LogP contribution is -2.16. The van der Waals surface area contributed by atoms with Crippen LogP contribution in [0, 0.1) is 6.92 Å². The van der Waals surface area contributed by atoms with Crippen LogP contribution in [0.1, 0.15) is 12.1 Å².